The lowest BCUT2D eigenvalue weighted by Crippen LogP contribution is -2.49. The summed E-state index contributed by atoms with van der Waals surface area (Å²) in [6, 6.07) is 5.21. The predicted octanol–water partition coefficient (Wildman–Crippen LogP) is 3.34. The van der Waals surface area contributed by atoms with Crippen molar-refractivity contribution in [2.45, 2.75) is 76.5 Å². The number of nitrogens with zero attached hydrogens (tertiary/aromatic N) is 7. The van der Waals surface area contributed by atoms with Crippen molar-refractivity contribution in [2.75, 3.05) is 43.9 Å². The quantitative estimate of drug-likeness (QED) is 0.456. The second-order valence-corrected chi connectivity index (χ2v) is 12.7. The molecule has 6 rings (SSSR count). The van der Waals surface area contributed by atoms with Crippen molar-refractivity contribution in [1.29, 1.82) is 5.26 Å². The van der Waals surface area contributed by atoms with E-state index in [0.717, 1.165) is 74.5 Å². The normalized spacial score (nSPS) is 25.9. The molecule has 212 valence electrons. The van der Waals surface area contributed by atoms with Gasteiger partial charge in [0.2, 0.25) is 11.7 Å². The van der Waals surface area contributed by atoms with Gasteiger partial charge in [-0.05, 0) is 66.5 Å². The summed E-state index contributed by atoms with van der Waals surface area (Å²) in [6.45, 7) is 9.92. The lowest BCUT2D eigenvalue weighted by Gasteiger charge is -2.33. The first-order chi connectivity index (χ1) is 19.3. The predicted molar refractivity (Wildman–Crippen MR) is 154 cm³/mol. The lowest BCUT2D eigenvalue weighted by atomic mass is 9.72. The number of anilines is 2. The summed E-state index contributed by atoms with van der Waals surface area (Å²) in [6.07, 6.45) is 4.83. The van der Waals surface area contributed by atoms with Crippen LogP contribution >= 0.6 is 11.3 Å². The molecule has 0 unspecified atom stereocenters. The standard InChI is InChI=1S/C28H37N9O2S/c1-16-15-37(12-10-31-16)22-13-19(32-27(33-22)38-17(2)20-7-6-11-36(20)4)25-34-26(39-35-25)28(3)9-5-8-21-23(28)18(14-29)24(30)40-21/h13,16-17,20,31H,5-12,15,30H2,1-4H3/t16-,17-,20-,28-/m0/s1. The van der Waals surface area contributed by atoms with E-state index in [1.54, 1.807) is 0 Å². The number of aryl methyl sites for hydroxylation is 1. The maximum absolute atomic E-state index is 9.86. The molecule has 3 aromatic rings. The second-order valence-electron chi connectivity index (χ2n) is 11.6. The van der Waals surface area contributed by atoms with E-state index < -0.39 is 5.41 Å². The maximum atomic E-state index is 9.86. The fraction of sp³-hybridized carbons (Fsp3) is 0.607. The number of nitrogen functional groups attached to an aromatic ring is 1. The molecule has 1 aliphatic carbocycles. The fourth-order valence-corrected chi connectivity index (χ4v) is 7.71. The van der Waals surface area contributed by atoms with E-state index in [1.807, 2.05) is 6.07 Å². The molecule has 2 saturated heterocycles. The number of rotatable bonds is 6. The van der Waals surface area contributed by atoms with E-state index in [4.69, 9.17) is 29.9 Å². The molecule has 2 fully saturated rings. The Labute approximate surface area is 238 Å². The lowest BCUT2D eigenvalue weighted by molar-refractivity contribution is 0.112. The molecule has 2 aliphatic heterocycles. The van der Waals surface area contributed by atoms with E-state index in [2.05, 4.69) is 54.2 Å². The van der Waals surface area contributed by atoms with Gasteiger partial charge in [-0.25, -0.2) is 0 Å². The number of nitrogens with two attached hydrogens (primary N) is 1. The van der Waals surface area contributed by atoms with Gasteiger partial charge in [0.1, 0.15) is 28.7 Å². The Morgan fingerprint density at radius 1 is 1.30 bits per heavy atom. The first-order valence-corrected chi connectivity index (χ1v) is 15.0. The number of nitrogens with one attached hydrogen (secondary N) is 1. The molecule has 3 N–H and O–H groups in total. The van der Waals surface area contributed by atoms with Gasteiger partial charge in [-0.15, -0.1) is 11.3 Å². The van der Waals surface area contributed by atoms with Gasteiger partial charge in [-0.2, -0.15) is 20.2 Å². The average Bonchev–Trinajstić information content (AvgIpc) is 3.67. The minimum atomic E-state index is -0.594. The highest BCUT2D eigenvalue weighted by Gasteiger charge is 2.43. The van der Waals surface area contributed by atoms with Gasteiger partial charge in [0, 0.05) is 48.2 Å². The maximum Gasteiger partial charge on any atom is 0.319 e. The molecule has 11 nitrogen and oxygen atoms in total. The van der Waals surface area contributed by atoms with Crippen LogP contribution in [0.1, 0.15) is 68.3 Å². The van der Waals surface area contributed by atoms with E-state index in [-0.39, 0.29) is 6.10 Å². The van der Waals surface area contributed by atoms with E-state index in [0.29, 0.717) is 46.1 Å². The third kappa shape index (κ3) is 4.80. The van der Waals surface area contributed by atoms with Crippen LogP contribution < -0.4 is 20.7 Å². The third-order valence-electron chi connectivity index (χ3n) is 8.67. The first-order valence-electron chi connectivity index (χ1n) is 14.2. The Kier molecular flexibility index (Phi) is 7.14. The fourth-order valence-electron chi connectivity index (χ4n) is 6.52. The molecule has 0 spiro atoms. The number of aromatic nitrogens is 4. The number of thiophene rings is 1. The Hall–Kier alpha value is -3.27. The molecule has 3 aromatic heterocycles. The van der Waals surface area contributed by atoms with Crippen LogP contribution in [0.5, 0.6) is 6.01 Å². The molecular formula is C28H37N9O2S. The zero-order valence-corrected chi connectivity index (χ0v) is 24.4. The van der Waals surface area contributed by atoms with Crippen LogP contribution in [0.3, 0.4) is 0 Å². The number of likely N-dealkylation sites (tertiary alicyclic amines) is 1. The third-order valence-corrected chi connectivity index (χ3v) is 9.75. The number of ether oxygens (including phenoxy) is 1. The van der Waals surface area contributed by atoms with Crippen molar-refractivity contribution in [2.24, 2.45) is 0 Å². The van der Waals surface area contributed by atoms with Crippen LogP contribution in [0.15, 0.2) is 10.6 Å². The molecule has 3 aliphatic rings. The highest BCUT2D eigenvalue weighted by Crippen LogP contribution is 2.48. The smallest absolute Gasteiger partial charge is 0.319 e. The number of nitriles is 1. The van der Waals surface area contributed by atoms with Gasteiger partial charge in [-0.3, -0.25) is 4.90 Å². The number of fused-ring (bicyclic) bond motifs is 1. The van der Waals surface area contributed by atoms with Gasteiger partial charge in [-0.1, -0.05) is 5.16 Å². The summed E-state index contributed by atoms with van der Waals surface area (Å²) in [5.41, 5.74) is 7.64. The topological polar surface area (TPSA) is 142 Å². The summed E-state index contributed by atoms with van der Waals surface area (Å²) in [7, 11) is 2.14. The zero-order chi connectivity index (χ0) is 28.0. The molecular weight excluding hydrogens is 526 g/mol. The summed E-state index contributed by atoms with van der Waals surface area (Å²) >= 11 is 1.49. The van der Waals surface area contributed by atoms with Crippen LogP contribution in [0.4, 0.5) is 10.8 Å². The van der Waals surface area contributed by atoms with Crippen molar-refractivity contribution in [3.05, 3.63) is 28.0 Å². The van der Waals surface area contributed by atoms with E-state index in [1.165, 1.54) is 11.3 Å². The van der Waals surface area contributed by atoms with Crippen LogP contribution in [-0.2, 0) is 11.8 Å². The number of piperazine rings is 1. The Morgan fingerprint density at radius 2 is 2.15 bits per heavy atom. The van der Waals surface area contributed by atoms with Gasteiger partial charge >= 0.3 is 6.01 Å². The molecule has 0 radical (unpaired) electrons. The zero-order valence-electron chi connectivity index (χ0n) is 23.6. The monoisotopic (exact) mass is 563 g/mol. The van der Waals surface area contributed by atoms with Crippen LogP contribution in [0.25, 0.3) is 11.5 Å². The summed E-state index contributed by atoms with van der Waals surface area (Å²) in [5, 5.41) is 18.3. The summed E-state index contributed by atoms with van der Waals surface area (Å²) in [4.78, 5) is 20.2. The molecule has 0 amide bonds. The van der Waals surface area contributed by atoms with Gasteiger partial charge < -0.3 is 25.2 Å². The Balaban J connectivity index is 1.36. The SMILES string of the molecule is C[C@H](Oc1nc(-c2noc([C@@]3(C)CCCc4sc(N)c(C#N)c43)n2)cc(N2CCN[C@@H](C)C2)n1)[C@@H]1CCCN1C. The molecule has 5 heterocycles. The van der Waals surface area contributed by atoms with Gasteiger partial charge in [0.05, 0.1) is 11.0 Å². The first kappa shape index (κ1) is 26.9. The number of hydrogen-bond acceptors (Lipinski definition) is 12. The average molecular weight is 564 g/mol. The minimum Gasteiger partial charge on any atom is -0.459 e. The van der Waals surface area contributed by atoms with Crippen molar-refractivity contribution in [3.63, 3.8) is 0 Å². The Morgan fingerprint density at radius 3 is 2.90 bits per heavy atom. The number of likely N-dealkylation sites (N-methyl/N-ethyl adjacent to an activating group) is 1. The van der Waals surface area contributed by atoms with Crippen molar-refractivity contribution in [1.82, 2.24) is 30.3 Å². The van der Waals surface area contributed by atoms with E-state index >= 15 is 0 Å². The molecule has 0 saturated carbocycles. The molecule has 12 heteroatoms. The summed E-state index contributed by atoms with van der Waals surface area (Å²) < 4.78 is 12.3. The molecule has 0 bridgehead atoms. The Bertz CT molecular complexity index is 1430. The van der Waals surface area contributed by atoms with Gasteiger partial charge in [0.15, 0.2) is 0 Å². The van der Waals surface area contributed by atoms with Gasteiger partial charge in [0.25, 0.3) is 0 Å². The van der Waals surface area contributed by atoms with E-state index in [9.17, 15) is 5.26 Å². The van der Waals surface area contributed by atoms with Crippen LogP contribution in [0.2, 0.25) is 0 Å². The van der Waals surface area contributed by atoms with Crippen LogP contribution in [0, 0.1) is 11.3 Å². The van der Waals surface area contributed by atoms with Crippen molar-refractivity contribution >= 4 is 22.2 Å². The molecule has 40 heavy (non-hydrogen) atoms. The highest BCUT2D eigenvalue weighted by atomic mass is 32.1. The molecule has 4 atom stereocenters. The second kappa shape index (κ2) is 10.6. The largest absolute Gasteiger partial charge is 0.459 e. The van der Waals surface area contributed by atoms with Crippen molar-refractivity contribution < 1.29 is 9.26 Å². The van der Waals surface area contributed by atoms with Crippen molar-refractivity contribution in [3.8, 4) is 23.6 Å². The molecule has 0 aromatic carbocycles. The summed E-state index contributed by atoms with van der Waals surface area (Å²) in [5.74, 6) is 1.64. The number of hydrogen-bond donors (Lipinski definition) is 2. The van der Waals surface area contributed by atoms with Crippen LogP contribution in [-0.4, -0.2) is 76.4 Å². The highest BCUT2D eigenvalue weighted by molar-refractivity contribution is 7.16. The minimum absolute atomic E-state index is 0.0635.